The van der Waals surface area contributed by atoms with E-state index in [2.05, 4.69) is 4.74 Å². The molecule has 0 rings (SSSR count). The number of halogens is 1. The molecule has 95 valence electrons. The van der Waals surface area contributed by atoms with Crippen LogP contribution in [0.25, 0.3) is 0 Å². The van der Waals surface area contributed by atoms with Gasteiger partial charge in [0.25, 0.3) is 0 Å². The van der Waals surface area contributed by atoms with Gasteiger partial charge in [0, 0.05) is 5.88 Å². The smallest absolute Gasteiger partial charge is 0.417 e. The Hall–Kier alpha value is -0.240. The summed E-state index contributed by atoms with van der Waals surface area (Å²) >= 11 is 5.60. The molecule has 0 aromatic rings. The predicted octanol–water partition coefficient (Wildman–Crippen LogP) is 4.21. The van der Waals surface area contributed by atoms with Crippen molar-refractivity contribution in [1.29, 1.82) is 0 Å². The lowest BCUT2D eigenvalue weighted by molar-refractivity contribution is 0.268. The highest BCUT2D eigenvalue weighted by Gasteiger charge is 1.93. The maximum atomic E-state index is 9.73. The van der Waals surface area contributed by atoms with Crippen LogP contribution in [-0.4, -0.2) is 19.0 Å². The van der Waals surface area contributed by atoms with Crippen molar-refractivity contribution in [1.82, 2.24) is 0 Å². The average molecular weight is 248 g/mol. The average Bonchev–Trinajstić information content (AvgIpc) is 2.31. The number of carbonyl (C=O) groups excluding carboxylic acids is 1. The zero-order chi connectivity index (χ0) is 11.9. The van der Waals surface area contributed by atoms with Crippen LogP contribution in [0, 0.1) is 0 Å². The molecule has 0 saturated heterocycles. The van der Waals surface area contributed by atoms with Gasteiger partial charge in [-0.25, -0.2) is 4.79 Å². The van der Waals surface area contributed by atoms with E-state index in [1.165, 1.54) is 51.4 Å². The van der Waals surface area contributed by atoms with E-state index in [4.69, 9.17) is 11.6 Å². The molecular weight excluding hydrogens is 224 g/mol. The van der Waals surface area contributed by atoms with E-state index in [-0.39, 0.29) is 0 Å². The summed E-state index contributed by atoms with van der Waals surface area (Å²) in [6, 6.07) is 0. The van der Waals surface area contributed by atoms with Crippen molar-refractivity contribution in [3.05, 3.63) is 0 Å². The molecule has 0 atom stereocenters. The molecule has 0 amide bonds. The Kier molecular flexibility index (Phi) is 14.5. The fourth-order valence-corrected chi connectivity index (χ4v) is 1.91. The molecule has 1 radical (unpaired) electrons. The maximum absolute atomic E-state index is 9.73. The Morgan fingerprint density at radius 3 is 1.62 bits per heavy atom. The minimum Gasteiger partial charge on any atom is -0.457 e. The van der Waals surface area contributed by atoms with Crippen molar-refractivity contribution in [2.75, 3.05) is 12.5 Å². The van der Waals surface area contributed by atoms with Gasteiger partial charge in [-0.2, -0.15) is 0 Å². The lowest BCUT2D eigenvalue weighted by atomic mass is 10.1. The van der Waals surface area contributed by atoms with E-state index in [0.29, 0.717) is 6.61 Å². The van der Waals surface area contributed by atoms with Crippen LogP contribution >= 0.6 is 11.6 Å². The monoisotopic (exact) mass is 247 g/mol. The van der Waals surface area contributed by atoms with Crippen molar-refractivity contribution in [3.63, 3.8) is 0 Å². The first kappa shape index (κ1) is 15.8. The van der Waals surface area contributed by atoms with Crippen molar-refractivity contribution >= 4 is 18.1 Å². The molecule has 0 aliphatic heterocycles. The van der Waals surface area contributed by atoms with Gasteiger partial charge in [0.1, 0.15) is 0 Å². The van der Waals surface area contributed by atoms with Gasteiger partial charge in [-0.05, 0) is 12.8 Å². The molecule has 0 saturated carbocycles. The van der Waals surface area contributed by atoms with Gasteiger partial charge >= 0.3 is 6.47 Å². The molecule has 0 aliphatic carbocycles. The summed E-state index contributed by atoms with van der Waals surface area (Å²) in [6.45, 7) is 1.97. The molecule has 0 N–H and O–H groups in total. The van der Waals surface area contributed by atoms with Crippen LogP contribution in [0.2, 0.25) is 0 Å². The van der Waals surface area contributed by atoms with E-state index < -0.39 is 0 Å². The molecule has 0 aliphatic rings. The SMILES string of the molecule is O=[C]OCCCCCCCCCCCCCl. The summed E-state index contributed by atoms with van der Waals surface area (Å²) < 4.78 is 4.50. The highest BCUT2D eigenvalue weighted by Crippen LogP contribution is 2.10. The first-order chi connectivity index (χ1) is 7.91. The largest absolute Gasteiger partial charge is 0.457 e. The Morgan fingerprint density at radius 2 is 1.19 bits per heavy atom. The summed E-state index contributed by atoms with van der Waals surface area (Å²) in [4.78, 5) is 9.73. The van der Waals surface area contributed by atoms with Crippen LogP contribution in [0.1, 0.15) is 64.2 Å². The van der Waals surface area contributed by atoms with Gasteiger partial charge in [0.15, 0.2) is 0 Å². The zero-order valence-corrected chi connectivity index (χ0v) is 10.9. The quantitative estimate of drug-likeness (QED) is 0.360. The first-order valence-corrected chi connectivity index (χ1v) is 7.00. The van der Waals surface area contributed by atoms with Crippen molar-refractivity contribution in [2.45, 2.75) is 64.2 Å². The number of alkyl halides is 1. The second-order valence-corrected chi connectivity index (χ2v) is 4.53. The molecule has 0 aromatic heterocycles. The Bertz CT molecular complexity index is 140. The minimum atomic E-state index is 0.530. The van der Waals surface area contributed by atoms with Gasteiger partial charge in [0.05, 0.1) is 6.61 Å². The third-order valence-electron chi connectivity index (χ3n) is 2.69. The summed E-state index contributed by atoms with van der Waals surface area (Å²) in [6.07, 6.45) is 12.5. The summed E-state index contributed by atoms with van der Waals surface area (Å²) in [5, 5.41) is 0. The van der Waals surface area contributed by atoms with Crippen LogP contribution in [0.15, 0.2) is 0 Å². The molecule has 0 unspecified atom stereocenters. The second kappa shape index (κ2) is 14.8. The molecule has 16 heavy (non-hydrogen) atoms. The summed E-state index contributed by atoms with van der Waals surface area (Å²) in [7, 11) is 0. The Labute approximate surface area is 105 Å². The van der Waals surface area contributed by atoms with E-state index in [0.717, 1.165) is 25.1 Å². The van der Waals surface area contributed by atoms with Crippen LogP contribution in [0.4, 0.5) is 0 Å². The number of ether oxygens (including phenoxy) is 1. The van der Waals surface area contributed by atoms with Crippen LogP contribution < -0.4 is 0 Å². The van der Waals surface area contributed by atoms with E-state index >= 15 is 0 Å². The van der Waals surface area contributed by atoms with Crippen molar-refractivity contribution in [2.24, 2.45) is 0 Å². The third-order valence-corrected chi connectivity index (χ3v) is 2.96. The number of hydrogen-bond acceptors (Lipinski definition) is 2. The number of hydrogen-bond donors (Lipinski definition) is 0. The lowest BCUT2D eigenvalue weighted by Crippen LogP contribution is -1.91. The summed E-state index contributed by atoms with van der Waals surface area (Å²) in [5.41, 5.74) is 0. The fraction of sp³-hybridized carbons (Fsp3) is 0.923. The molecule has 0 spiro atoms. The minimum absolute atomic E-state index is 0.530. The first-order valence-electron chi connectivity index (χ1n) is 6.46. The van der Waals surface area contributed by atoms with Crippen molar-refractivity contribution in [3.8, 4) is 0 Å². The number of rotatable bonds is 13. The van der Waals surface area contributed by atoms with Crippen LogP contribution in [0.3, 0.4) is 0 Å². The summed E-state index contributed by atoms with van der Waals surface area (Å²) in [5.74, 6) is 0.806. The van der Waals surface area contributed by atoms with E-state index in [1.54, 1.807) is 0 Å². The Morgan fingerprint density at radius 1 is 0.750 bits per heavy atom. The molecule has 0 fully saturated rings. The van der Waals surface area contributed by atoms with E-state index in [9.17, 15) is 4.79 Å². The van der Waals surface area contributed by atoms with Crippen LogP contribution in [0.5, 0.6) is 0 Å². The predicted molar refractivity (Wildman–Crippen MR) is 68.5 cm³/mol. The molecule has 3 heteroatoms. The van der Waals surface area contributed by atoms with Gasteiger partial charge in [-0.3, -0.25) is 0 Å². The third kappa shape index (κ3) is 13.8. The van der Waals surface area contributed by atoms with Crippen molar-refractivity contribution < 1.29 is 9.53 Å². The molecule has 0 aromatic carbocycles. The van der Waals surface area contributed by atoms with Gasteiger partial charge in [-0.15, -0.1) is 11.6 Å². The highest BCUT2D eigenvalue weighted by molar-refractivity contribution is 6.17. The molecule has 0 bridgehead atoms. The zero-order valence-electron chi connectivity index (χ0n) is 10.2. The molecular formula is C13H24ClO2. The van der Waals surface area contributed by atoms with Gasteiger partial charge < -0.3 is 4.74 Å². The topological polar surface area (TPSA) is 26.3 Å². The highest BCUT2D eigenvalue weighted by atomic mass is 35.5. The standard InChI is InChI=1S/C13H24ClO2/c14-11-9-7-5-3-1-2-4-6-8-10-12-16-13-15/h1-12H2. The molecule has 2 nitrogen and oxygen atoms in total. The maximum Gasteiger partial charge on any atom is 0.417 e. The lowest BCUT2D eigenvalue weighted by Gasteiger charge is -2.01. The van der Waals surface area contributed by atoms with E-state index in [1.807, 2.05) is 0 Å². The van der Waals surface area contributed by atoms with Gasteiger partial charge in [0.2, 0.25) is 0 Å². The fourth-order valence-electron chi connectivity index (χ4n) is 1.72. The molecule has 0 heterocycles. The second-order valence-electron chi connectivity index (χ2n) is 4.16. The Balaban J connectivity index is 2.85. The van der Waals surface area contributed by atoms with Crippen LogP contribution in [-0.2, 0) is 9.53 Å². The normalized spacial score (nSPS) is 10.3. The number of unbranched alkanes of at least 4 members (excludes halogenated alkanes) is 9. The van der Waals surface area contributed by atoms with Gasteiger partial charge in [-0.1, -0.05) is 51.4 Å².